The van der Waals surface area contributed by atoms with E-state index in [4.69, 9.17) is 4.74 Å². The van der Waals surface area contributed by atoms with Crippen LogP contribution in [0.15, 0.2) is 94.1 Å². The molecule has 1 heterocycles. The number of aliphatic hydroxyl groups is 2. The number of benzene rings is 2. The zero-order valence-corrected chi connectivity index (χ0v) is 32.6. The molecule has 55 heavy (non-hydrogen) atoms. The molecule has 6 aliphatic rings. The highest BCUT2D eigenvalue weighted by molar-refractivity contribution is 7.91. The lowest BCUT2D eigenvalue weighted by Gasteiger charge is -2.71. The normalized spacial score (nSPS) is 35.1. The minimum absolute atomic E-state index is 0.0449. The molecule has 6 aliphatic carbocycles. The first-order valence-electron chi connectivity index (χ1n) is 18.8. The average Bonchev–Trinajstić information content (AvgIpc) is 3.79. The van der Waals surface area contributed by atoms with Crippen LogP contribution in [0.25, 0.3) is 0 Å². The number of allylic oxidation sites excluding steroid dienone is 4. The first kappa shape index (κ1) is 38.4. The van der Waals surface area contributed by atoms with Gasteiger partial charge in [-0.2, -0.15) is 4.31 Å². The first-order valence-corrected chi connectivity index (χ1v) is 21.1. The van der Waals surface area contributed by atoms with E-state index in [1.807, 2.05) is 6.92 Å². The summed E-state index contributed by atoms with van der Waals surface area (Å²) in [5.41, 5.74) is -2.22. The summed E-state index contributed by atoms with van der Waals surface area (Å²) >= 11 is 1.06. The molecule has 3 fully saturated rings. The maximum absolute atomic E-state index is 14.9. The second-order valence-electron chi connectivity index (χ2n) is 16.8. The molecule has 2 spiro atoms. The Bertz CT molecular complexity index is 2140. The second-order valence-corrected chi connectivity index (χ2v) is 19.9. The van der Waals surface area contributed by atoms with E-state index in [2.05, 4.69) is 29.9 Å². The fourth-order valence-electron chi connectivity index (χ4n) is 11.6. The van der Waals surface area contributed by atoms with Crippen molar-refractivity contribution in [2.45, 2.75) is 87.6 Å². The van der Waals surface area contributed by atoms with E-state index in [-0.39, 0.29) is 46.8 Å². The number of Topliss-reactive ketones (excluding diaryl/α,β-unsaturated/α-hetero) is 1. The Hall–Kier alpha value is -3.49. The molecule has 3 saturated carbocycles. The molecule has 8 atom stereocenters. The Morgan fingerprint density at radius 2 is 1.58 bits per heavy atom. The topological polar surface area (TPSA) is 113 Å². The summed E-state index contributed by atoms with van der Waals surface area (Å²) in [4.78, 5) is 14.9. The monoisotopic (exact) mass is 797 g/mol. The Morgan fingerprint density at radius 1 is 0.927 bits per heavy atom. The molecule has 13 heteroatoms. The average molecular weight is 798 g/mol. The van der Waals surface area contributed by atoms with Crippen molar-refractivity contribution in [2.75, 3.05) is 13.7 Å². The molecular formula is C42H46F3NO7S2. The van der Waals surface area contributed by atoms with Gasteiger partial charge in [-0.3, -0.25) is 4.79 Å². The number of thiophene rings is 1. The Labute approximate surface area is 323 Å². The summed E-state index contributed by atoms with van der Waals surface area (Å²) in [7, 11) is -2.58. The van der Waals surface area contributed by atoms with E-state index >= 15 is 0 Å². The van der Waals surface area contributed by atoms with Crippen molar-refractivity contribution in [3.05, 3.63) is 101 Å². The number of halogens is 3. The molecule has 2 aromatic carbocycles. The summed E-state index contributed by atoms with van der Waals surface area (Å²) in [5.74, 6) is -0.0649. The van der Waals surface area contributed by atoms with Crippen molar-refractivity contribution < 1.29 is 46.1 Å². The van der Waals surface area contributed by atoms with Crippen LogP contribution >= 0.6 is 11.3 Å². The highest BCUT2D eigenvalue weighted by Crippen LogP contribution is 2.78. The number of aliphatic hydroxyl groups excluding tert-OH is 1. The van der Waals surface area contributed by atoms with E-state index in [9.17, 15) is 36.6 Å². The summed E-state index contributed by atoms with van der Waals surface area (Å²) in [6.45, 7) is 3.91. The lowest BCUT2D eigenvalue weighted by Crippen LogP contribution is -2.67. The van der Waals surface area contributed by atoms with Crippen molar-refractivity contribution in [2.24, 2.45) is 33.5 Å². The lowest BCUT2D eigenvalue weighted by atomic mass is 9.32. The van der Waals surface area contributed by atoms with Gasteiger partial charge in [0.2, 0.25) is 0 Å². The highest BCUT2D eigenvalue weighted by atomic mass is 32.2. The van der Waals surface area contributed by atoms with Gasteiger partial charge >= 0.3 is 6.36 Å². The number of sulfonamides is 1. The smallest absolute Gasteiger partial charge is 0.497 e. The quantitative estimate of drug-likeness (QED) is 0.157. The first-order chi connectivity index (χ1) is 25.9. The van der Waals surface area contributed by atoms with Gasteiger partial charge in [0, 0.05) is 40.5 Å². The number of ketones is 1. The van der Waals surface area contributed by atoms with Crippen molar-refractivity contribution in [1.82, 2.24) is 4.31 Å². The molecule has 9 rings (SSSR count). The Morgan fingerprint density at radius 3 is 2.24 bits per heavy atom. The number of alkyl halides is 3. The maximum atomic E-state index is 14.9. The lowest BCUT2D eigenvalue weighted by molar-refractivity contribution is -0.274. The zero-order chi connectivity index (χ0) is 39.2. The van der Waals surface area contributed by atoms with Crippen LogP contribution < -0.4 is 9.47 Å². The van der Waals surface area contributed by atoms with Gasteiger partial charge in [0.1, 0.15) is 15.7 Å². The summed E-state index contributed by atoms with van der Waals surface area (Å²) in [5, 5.41) is 25.7. The molecule has 0 radical (unpaired) electrons. The summed E-state index contributed by atoms with van der Waals surface area (Å²) in [6, 6.07) is 15.3. The third kappa shape index (κ3) is 5.85. The van der Waals surface area contributed by atoms with Gasteiger partial charge in [-0.15, -0.1) is 24.5 Å². The van der Waals surface area contributed by atoms with Crippen molar-refractivity contribution in [3.8, 4) is 11.5 Å². The van der Waals surface area contributed by atoms with Gasteiger partial charge in [0.25, 0.3) is 10.0 Å². The van der Waals surface area contributed by atoms with Gasteiger partial charge in [-0.1, -0.05) is 50.3 Å². The molecule has 2 N–H and O–H groups in total. The SMILES string of the molecule is COc1ccc(C(=O)C2=C[C@@]34C=C[C@@]25[C@@H]2CC[C@@](O)(CN(Cc6ccc(OC(F)(F)F)cc6)S(=O)(=O)c6cccs6)[C@@]2(C)CC[C@@H]5[C@@]3(C)CCC(O)C4)cc1. The van der Waals surface area contributed by atoms with Crippen molar-refractivity contribution in [1.29, 1.82) is 0 Å². The van der Waals surface area contributed by atoms with Crippen LogP contribution in [0.3, 0.4) is 0 Å². The zero-order valence-electron chi connectivity index (χ0n) is 31.0. The summed E-state index contributed by atoms with van der Waals surface area (Å²) < 4.78 is 78.1. The molecule has 2 bridgehead atoms. The van der Waals surface area contributed by atoms with Gasteiger partial charge in [-0.25, -0.2) is 8.42 Å². The standard InChI is InChI=1S/C42H46F3NO7S2/c1-37-17-14-29(47)23-39(37)20-21-41(32(24-39)36(48)28-8-12-30(52-3)13-9-28)33(37)15-18-38(2)34(41)16-19-40(38,49)26-46(55(50,51)35-5-4-22-54-35)25-27-6-10-31(11-7-27)53-42(43,44)45/h4-13,20-22,24,29,33-34,47,49H,14-19,23,25-26H2,1-3H3/t29?,33-,34-,37-,38+,39+,40-,41-/m1/s1. The minimum atomic E-state index is -4.87. The van der Waals surface area contributed by atoms with Crippen LogP contribution in [-0.4, -0.2) is 60.4 Å². The van der Waals surface area contributed by atoms with Crippen LogP contribution in [0.4, 0.5) is 13.2 Å². The molecule has 1 unspecified atom stereocenters. The van der Waals surface area contributed by atoms with Gasteiger partial charge in [-0.05, 0) is 116 Å². The predicted molar refractivity (Wildman–Crippen MR) is 201 cm³/mol. The predicted octanol–water partition coefficient (Wildman–Crippen LogP) is 8.32. The van der Waals surface area contributed by atoms with Crippen molar-refractivity contribution >= 4 is 27.1 Å². The molecule has 3 aromatic rings. The van der Waals surface area contributed by atoms with Crippen molar-refractivity contribution in [3.63, 3.8) is 0 Å². The van der Waals surface area contributed by atoms with E-state index < -0.39 is 50.1 Å². The van der Waals surface area contributed by atoms with Gasteiger partial charge in [0.15, 0.2) is 5.78 Å². The third-order valence-corrected chi connectivity index (χ3v) is 17.5. The number of fused-ring (bicyclic) bond motifs is 1. The number of carbonyl (C=O) groups is 1. The molecular weight excluding hydrogens is 752 g/mol. The van der Waals surface area contributed by atoms with E-state index in [0.717, 1.165) is 29.9 Å². The summed E-state index contributed by atoms with van der Waals surface area (Å²) in [6.07, 6.45) is 5.32. The van der Waals surface area contributed by atoms with E-state index in [0.29, 0.717) is 54.6 Å². The van der Waals surface area contributed by atoms with Crippen LogP contribution in [0.2, 0.25) is 0 Å². The molecule has 294 valence electrons. The number of ether oxygens (including phenoxy) is 2. The second kappa shape index (κ2) is 13.0. The molecule has 0 amide bonds. The number of rotatable bonds is 10. The van der Waals surface area contributed by atoms with Crippen LogP contribution in [0.1, 0.15) is 74.7 Å². The number of carbonyl (C=O) groups excluding carboxylic acids is 1. The fourth-order valence-corrected chi connectivity index (χ4v) is 14.2. The van der Waals surface area contributed by atoms with E-state index in [1.54, 1.807) is 42.8 Å². The Balaban J connectivity index is 1.19. The van der Waals surface area contributed by atoms with Crippen LogP contribution in [-0.2, 0) is 16.6 Å². The number of methoxy groups -OCH3 is 1. The Kier molecular flexibility index (Phi) is 9.09. The highest BCUT2D eigenvalue weighted by Gasteiger charge is 2.74. The van der Waals surface area contributed by atoms with Crippen LogP contribution in [0, 0.1) is 33.5 Å². The molecule has 1 aromatic heterocycles. The maximum Gasteiger partial charge on any atom is 0.573 e. The number of hydrogen-bond acceptors (Lipinski definition) is 8. The number of nitrogens with zero attached hydrogens (tertiary/aromatic N) is 1. The largest absolute Gasteiger partial charge is 0.573 e. The fraction of sp³-hybridized carbons (Fsp3) is 0.500. The van der Waals surface area contributed by atoms with Gasteiger partial charge < -0.3 is 19.7 Å². The molecule has 0 aliphatic heterocycles. The third-order valence-electron chi connectivity index (χ3n) is 14.4. The molecule has 0 saturated heterocycles. The van der Waals surface area contributed by atoms with Gasteiger partial charge in [0.05, 0.1) is 18.8 Å². The van der Waals surface area contributed by atoms with E-state index in [1.165, 1.54) is 22.5 Å². The minimum Gasteiger partial charge on any atom is -0.497 e. The number of hydrogen-bond donors (Lipinski definition) is 2. The molecule has 8 nitrogen and oxygen atoms in total. The van der Waals surface area contributed by atoms with Crippen LogP contribution in [0.5, 0.6) is 11.5 Å².